The van der Waals surface area contributed by atoms with Crippen molar-refractivity contribution in [3.63, 3.8) is 0 Å². The molecule has 0 radical (unpaired) electrons. The zero-order chi connectivity index (χ0) is 22.2. The van der Waals surface area contributed by atoms with Crippen molar-refractivity contribution in [2.45, 2.75) is 64.6 Å². The molecule has 0 aromatic heterocycles. The smallest absolute Gasteiger partial charge is 0.201 e. The molecule has 1 heterocycles. The summed E-state index contributed by atoms with van der Waals surface area (Å²) in [4.78, 5) is 0. The Hall–Kier alpha value is -2.05. The van der Waals surface area contributed by atoms with E-state index < -0.39 is 17.5 Å². The minimum atomic E-state index is -1.11. The predicted octanol–water partition coefficient (Wildman–Crippen LogP) is 6.99. The zero-order valence-corrected chi connectivity index (χ0v) is 18.3. The van der Waals surface area contributed by atoms with Crippen LogP contribution in [0.4, 0.5) is 13.2 Å². The molecule has 0 saturated carbocycles. The molecule has 170 valence electrons. The van der Waals surface area contributed by atoms with Crippen LogP contribution in [0.3, 0.4) is 0 Å². The van der Waals surface area contributed by atoms with E-state index in [0.717, 1.165) is 31.2 Å². The van der Waals surface area contributed by atoms with Gasteiger partial charge < -0.3 is 14.2 Å². The van der Waals surface area contributed by atoms with Crippen molar-refractivity contribution in [1.29, 1.82) is 0 Å². The van der Waals surface area contributed by atoms with Crippen LogP contribution in [0.1, 0.15) is 63.9 Å². The van der Waals surface area contributed by atoms with Crippen LogP contribution >= 0.6 is 0 Å². The molecule has 0 amide bonds. The largest absolute Gasteiger partial charge is 0.491 e. The first-order valence-corrected chi connectivity index (χ1v) is 11.2. The van der Waals surface area contributed by atoms with Gasteiger partial charge in [-0.25, -0.2) is 8.78 Å². The summed E-state index contributed by atoms with van der Waals surface area (Å²) in [6, 6.07) is 7.31. The Morgan fingerprint density at radius 2 is 1.74 bits per heavy atom. The maximum Gasteiger partial charge on any atom is 0.201 e. The fourth-order valence-electron chi connectivity index (χ4n) is 3.88. The summed E-state index contributed by atoms with van der Waals surface area (Å²) in [5, 5.41) is 0. The second-order valence-corrected chi connectivity index (χ2v) is 7.88. The Labute approximate surface area is 182 Å². The van der Waals surface area contributed by atoms with E-state index in [2.05, 4.69) is 6.92 Å². The molecule has 1 aliphatic rings. The summed E-state index contributed by atoms with van der Waals surface area (Å²) >= 11 is 0. The highest BCUT2D eigenvalue weighted by Gasteiger charge is 2.25. The van der Waals surface area contributed by atoms with Gasteiger partial charge in [-0.2, -0.15) is 4.39 Å². The molecule has 2 aromatic rings. The molecule has 1 fully saturated rings. The molecule has 31 heavy (non-hydrogen) atoms. The molecular formula is C25H31F3O3. The third kappa shape index (κ3) is 6.01. The highest BCUT2D eigenvalue weighted by molar-refractivity contribution is 5.66. The first-order valence-electron chi connectivity index (χ1n) is 11.2. The maximum atomic E-state index is 14.8. The van der Waals surface area contributed by atoms with Crippen LogP contribution in [0.25, 0.3) is 11.1 Å². The quantitative estimate of drug-likeness (QED) is 0.376. The Bertz CT molecular complexity index is 848. The van der Waals surface area contributed by atoms with Gasteiger partial charge in [0.25, 0.3) is 0 Å². The van der Waals surface area contributed by atoms with E-state index in [4.69, 9.17) is 14.2 Å². The highest BCUT2D eigenvalue weighted by Crippen LogP contribution is 2.34. The summed E-state index contributed by atoms with van der Waals surface area (Å²) < 4.78 is 60.1. The van der Waals surface area contributed by atoms with E-state index in [-0.39, 0.29) is 35.7 Å². The minimum absolute atomic E-state index is 0.0215. The third-order valence-corrected chi connectivity index (χ3v) is 5.64. The van der Waals surface area contributed by atoms with Crippen LogP contribution in [0.2, 0.25) is 0 Å². The van der Waals surface area contributed by atoms with Gasteiger partial charge in [0, 0.05) is 23.7 Å². The van der Waals surface area contributed by atoms with Gasteiger partial charge in [0.1, 0.15) is 5.82 Å². The lowest BCUT2D eigenvalue weighted by atomic mass is 9.91. The van der Waals surface area contributed by atoms with E-state index in [1.165, 1.54) is 37.1 Å². The van der Waals surface area contributed by atoms with Gasteiger partial charge in [0.2, 0.25) is 5.82 Å². The molecule has 3 nitrogen and oxygen atoms in total. The normalized spacial score (nSPS) is 18.9. The monoisotopic (exact) mass is 436 g/mol. The fraction of sp³-hybridized carbons (Fsp3) is 0.520. The molecule has 1 saturated heterocycles. The molecule has 2 atom stereocenters. The van der Waals surface area contributed by atoms with Gasteiger partial charge in [-0.15, -0.1) is 0 Å². The van der Waals surface area contributed by atoms with E-state index in [1.807, 2.05) is 0 Å². The third-order valence-electron chi connectivity index (χ3n) is 5.64. The Kier molecular flexibility index (Phi) is 8.79. The lowest BCUT2D eigenvalue weighted by molar-refractivity contribution is -0.167. The number of halogens is 3. The van der Waals surface area contributed by atoms with Gasteiger partial charge >= 0.3 is 0 Å². The molecule has 2 aromatic carbocycles. The van der Waals surface area contributed by atoms with Crippen molar-refractivity contribution < 1.29 is 27.4 Å². The number of ether oxygens (including phenoxy) is 3. The number of benzene rings is 2. The molecule has 0 aliphatic carbocycles. The summed E-state index contributed by atoms with van der Waals surface area (Å²) in [7, 11) is 0. The Balaban J connectivity index is 1.61. The minimum Gasteiger partial charge on any atom is -0.491 e. The van der Waals surface area contributed by atoms with E-state index in [9.17, 15) is 13.2 Å². The number of rotatable bonds is 10. The van der Waals surface area contributed by atoms with Crippen molar-refractivity contribution in [2.24, 2.45) is 0 Å². The molecule has 0 bridgehead atoms. The van der Waals surface area contributed by atoms with Crippen molar-refractivity contribution in [3.8, 4) is 16.9 Å². The molecule has 2 unspecified atom stereocenters. The lowest BCUT2D eigenvalue weighted by Crippen LogP contribution is -2.27. The van der Waals surface area contributed by atoms with Crippen molar-refractivity contribution in [2.75, 3.05) is 19.8 Å². The molecule has 0 N–H and O–H groups in total. The van der Waals surface area contributed by atoms with Crippen molar-refractivity contribution >= 4 is 0 Å². The molecule has 0 spiro atoms. The van der Waals surface area contributed by atoms with E-state index >= 15 is 0 Å². The SMILES string of the molecule is CCCCCCOC1CCC(c2ccc(-c3ccc(OCC)c(F)c3F)c(F)c2)CO1. The van der Waals surface area contributed by atoms with Gasteiger partial charge in [-0.05, 0) is 49.9 Å². The molecule has 3 rings (SSSR count). The molecular weight excluding hydrogens is 405 g/mol. The zero-order valence-electron chi connectivity index (χ0n) is 18.3. The van der Waals surface area contributed by atoms with E-state index in [1.54, 1.807) is 13.0 Å². The Morgan fingerprint density at radius 3 is 2.42 bits per heavy atom. The van der Waals surface area contributed by atoms with Crippen LogP contribution < -0.4 is 4.74 Å². The van der Waals surface area contributed by atoms with Crippen LogP contribution in [0, 0.1) is 17.5 Å². The number of hydrogen-bond donors (Lipinski definition) is 0. The summed E-state index contributed by atoms with van der Waals surface area (Å²) in [5.74, 6) is -2.94. The summed E-state index contributed by atoms with van der Waals surface area (Å²) in [6.45, 7) is 5.22. The maximum absolute atomic E-state index is 14.8. The van der Waals surface area contributed by atoms with Crippen LogP contribution in [-0.4, -0.2) is 26.1 Å². The first kappa shape index (κ1) is 23.6. The average Bonchev–Trinajstić information content (AvgIpc) is 2.78. The van der Waals surface area contributed by atoms with Gasteiger partial charge in [-0.3, -0.25) is 0 Å². The Morgan fingerprint density at radius 1 is 0.935 bits per heavy atom. The fourth-order valence-corrected chi connectivity index (χ4v) is 3.88. The standard InChI is InChI=1S/C25H31F3O3/c1-3-5-6-7-14-30-23-13-9-18(16-31-23)17-8-10-19(21(26)15-17)20-11-12-22(29-4-2)25(28)24(20)27/h8,10-12,15,18,23H,3-7,9,13-14,16H2,1-2H3. The van der Waals surface area contributed by atoms with Gasteiger partial charge in [0.15, 0.2) is 17.9 Å². The van der Waals surface area contributed by atoms with Gasteiger partial charge in [0.05, 0.1) is 13.2 Å². The second kappa shape index (κ2) is 11.5. The summed E-state index contributed by atoms with van der Waals surface area (Å²) in [6.07, 6.45) is 5.97. The summed E-state index contributed by atoms with van der Waals surface area (Å²) in [5.41, 5.74) is 0.684. The van der Waals surface area contributed by atoms with Gasteiger partial charge in [-0.1, -0.05) is 38.3 Å². The van der Waals surface area contributed by atoms with Crippen molar-refractivity contribution in [1.82, 2.24) is 0 Å². The lowest BCUT2D eigenvalue weighted by Gasteiger charge is -2.29. The number of hydrogen-bond acceptors (Lipinski definition) is 3. The number of unbranched alkanes of at least 4 members (excludes halogenated alkanes) is 3. The topological polar surface area (TPSA) is 27.7 Å². The van der Waals surface area contributed by atoms with Crippen molar-refractivity contribution in [3.05, 3.63) is 53.3 Å². The first-order chi connectivity index (χ1) is 15.0. The van der Waals surface area contributed by atoms with E-state index in [0.29, 0.717) is 13.2 Å². The predicted molar refractivity (Wildman–Crippen MR) is 115 cm³/mol. The van der Waals surface area contributed by atoms with Crippen LogP contribution in [0.5, 0.6) is 5.75 Å². The second-order valence-electron chi connectivity index (χ2n) is 7.88. The molecule has 1 aliphatic heterocycles. The van der Waals surface area contributed by atoms with Crippen LogP contribution in [-0.2, 0) is 9.47 Å². The van der Waals surface area contributed by atoms with Crippen LogP contribution in [0.15, 0.2) is 30.3 Å². The highest BCUT2D eigenvalue weighted by atomic mass is 19.2. The average molecular weight is 437 g/mol. The molecule has 6 heteroatoms.